The van der Waals surface area contributed by atoms with Crippen LogP contribution in [0, 0.1) is 0 Å². The van der Waals surface area contributed by atoms with Crippen molar-refractivity contribution in [3.63, 3.8) is 0 Å². The van der Waals surface area contributed by atoms with E-state index in [9.17, 15) is 0 Å². The van der Waals surface area contributed by atoms with Crippen molar-refractivity contribution >= 4 is 0 Å². The zero-order valence-electron chi connectivity index (χ0n) is 10.0. The first-order valence-electron chi connectivity index (χ1n) is 6.42. The minimum Gasteiger partial charge on any atom is -0.347 e. The summed E-state index contributed by atoms with van der Waals surface area (Å²) in [5.41, 5.74) is 1.38. The summed E-state index contributed by atoms with van der Waals surface area (Å²) < 4.78 is 11.6. The Morgan fingerprint density at radius 2 is 1.94 bits per heavy atom. The van der Waals surface area contributed by atoms with Gasteiger partial charge in [0.1, 0.15) is 0 Å². The largest absolute Gasteiger partial charge is 0.347 e. The van der Waals surface area contributed by atoms with Crippen molar-refractivity contribution in [2.75, 3.05) is 19.8 Å². The maximum absolute atomic E-state index is 5.79. The van der Waals surface area contributed by atoms with Gasteiger partial charge in [0.25, 0.3) is 0 Å². The first-order chi connectivity index (χ1) is 8.36. The Hall–Kier alpha value is -0.900. The molecule has 2 aliphatic rings. The van der Waals surface area contributed by atoms with E-state index in [0.717, 1.165) is 39.0 Å². The number of nitrogens with one attached hydrogen (secondary N) is 1. The van der Waals surface area contributed by atoms with Gasteiger partial charge in [-0.15, -0.1) is 0 Å². The Morgan fingerprint density at radius 3 is 2.71 bits per heavy atom. The monoisotopic (exact) mass is 233 g/mol. The average Bonchev–Trinajstić information content (AvgIpc) is 2.79. The van der Waals surface area contributed by atoms with Crippen LogP contribution in [0.15, 0.2) is 30.3 Å². The van der Waals surface area contributed by atoms with Crippen LogP contribution in [-0.2, 0) is 15.9 Å². The molecule has 0 aromatic heterocycles. The van der Waals surface area contributed by atoms with Gasteiger partial charge >= 0.3 is 0 Å². The smallest absolute Gasteiger partial charge is 0.171 e. The van der Waals surface area contributed by atoms with Crippen LogP contribution in [-0.4, -0.2) is 31.6 Å². The lowest BCUT2D eigenvalue weighted by Crippen LogP contribution is -2.49. The van der Waals surface area contributed by atoms with E-state index in [0.29, 0.717) is 6.04 Å². The molecule has 2 heterocycles. The molecule has 1 N–H and O–H groups in total. The molecule has 92 valence electrons. The van der Waals surface area contributed by atoms with E-state index in [4.69, 9.17) is 9.47 Å². The topological polar surface area (TPSA) is 30.5 Å². The quantitative estimate of drug-likeness (QED) is 0.843. The molecule has 0 saturated carbocycles. The van der Waals surface area contributed by atoms with Gasteiger partial charge in [0, 0.05) is 25.4 Å². The molecular weight excluding hydrogens is 214 g/mol. The van der Waals surface area contributed by atoms with E-state index in [1.54, 1.807) is 0 Å². The second kappa shape index (κ2) is 4.77. The van der Waals surface area contributed by atoms with Crippen molar-refractivity contribution in [1.82, 2.24) is 5.32 Å². The van der Waals surface area contributed by atoms with Crippen LogP contribution in [0.1, 0.15) is 18.4 Å². The SMILES string of the molecule is c1ccc(C[C@H]2CC3(CCN2)OCCO3)cc1. The standard InChI is InChI=1S/C14H19NO2/c1-2-4-12(5-3-1)10-13-11-14(6-7-15-13)16-8-9-17-14/h1-5,13,15H,6-11H2/t13-/m0/s1. The molecule has 0 amide bonds. The van der Waals surface area contributed by atoms with Crippen LogP contribution < -0.4 is 5.32 Å². The lowest BCUT2D eigenvalue weighted by atomic mass is 9.93. The highest BCUT2D eigenvalue weighted by molar-refractivity contribution is 5.16. The fourth-order valence-corrected chi connectivity index (χ4v) is 2.82. The van der Waals surface area contributed by atoms with Gasteiger partial charge in [-0.25, -0.2) is 0 Å². The molecule has 0 aliphatic carbocycles. The minimum absolute atomic E-state index is 0.287. The summed E-state index contributed by atoms with van der Waals surface area (Å²) in [4.78, 5) is 0. The predicted octanol–water partition coefficient (Wildman–Crippen LogP) is 1.72. The summed E-state index contributed by atoms with van der Waals surface area (Å²) in [6.07, 6.45) is 2.98. The second-order valence-electron chi connectivity index (χ2n) is 4.90. The maximum atomic E-state index is 5.79. The lowest BCUT2D eigenvalue weighted by Gasteiger charge is -2.37. The fraction of sp³-hybridized carbons (Fsp3) is 0.571. The summed E-state index contributed by atoms with van der Waals surface area (Å²) in [5, 5.41) is 3.56. The zero-order valence-corrected chi connectivity index (χ0v) is 10.0. The lowest BCUT2D eigenvalue weighted by molar-refractivity contribution is -0.179. The fourth-order valence-electron chi connectivity index (χ4n) is 2.82. The molecule has 2 saturated heterocycles. The second-order valence-corrected chi connectivity index (χ2v) is 4.90. The molecule has 1 aromatic carbocycles. The Morgan fingerprint density at radius 1 is 1.18 bits per heavy atom. The first kappa shape index (κ1) is 11.2. The van der Waals surface area contributed by atoms with Crippen LogP contribution in [0.4, 0.5) is 0 Å². The van der Waals surface area contributed by atoms with Crippen molar-refractivity contribution in [1.29, 1.82) is 0 Å². The molecule has 2 aliphatic heterocycles. The van der Waals surface area contributed by atoms with Crippen molar-refractivity contribution in [3.8, 4) is 0 Å². The molecule has 3 nitrogen and oxygen atoms in total. The summed E-state index contributed by atoms with van der Waals surface area (Å²) in [5.74, 6) is -0.287. The van der Waals surface area contributed by atoms with E-state index < -0.39 is 0 Å². The van der Waals surface area contributed by atoms with Gasteiger partial charge in [0.15, 0.2) is 5.79 Å². The van der Waals surface area contributed by atoms with E-state index in [1.807, 2.05) is 0 Å². The van der Waals surface area contributed by atoms with Crippen LogP contribution >= 0.6 is 0 Å². The molecule has 0 radical (unpaired) electrons. The van der Waals surface area contributed by atoms with Crippen molar-refractivity contribution in [2.45, 2.75) is 31.1 Å². The molecule has 2 fully saturated rings. The van der Waals surface area contributed by atoms with Crippen molar-refractivity contribution in [3.05, 3.63) is 35.9 Å². The average molecular weight is 233 g/mol. The predicted molar refractivity (Wildman–Crippen MR) is 65.8 cm³/mol. The van der Waals surface area contributed by atoms with Gasteiger partial charge in [0.05, 0.1) is 13.2 Å². The molecule has 1 atom stereocenters. The molecule has 1 spiro atoms. The summed E-state index contributed by atoms with van der Waals surface area (Å²) in [7, 11) is 0. The van der Waals surface area contributed by atoms with E-state index in [2.05, 4.69) is 35.6 Å². The number of benzene rings is 1. The molecular formula is C14H19NO2. The highest BCUT2D eigenvalue weighted by atomic mass is 16.7. The van der Waals surface area contributed by atoms with Gasteiger partial charge < -0.3 is 14.8 Å². The number of piperidine rings is 1. The van der Waals surface area contributed by atoms with Gasteiger partial charge in [-0.1, -0.05) is 30.3 Å². The Labute approximate surface area is 102 Å². The third-order valence-electron chi connectivity index (χ3n) is 3.63. The van der Waals surface area contributed by atoms with Gasteiger partial charge in [-0.3, -0.25) is 0 Å². The van der Waals surface area contributed by atoms with Crippen molar-refractivity contribution in [2.24, 2.45) is 0 Å². The first-order valence-corrected chi connectivity index (χ1v) is 6.42. The number of hydrogen-bond acceptors (Lipinski definition) is 3. The molecule has 3 rings (SSSR count). The summed E-state index contributed by atoms with van der Waals surface area (Å²) in [6.45, 7) is 2.48. The third-order valence-corrected chi connectivity index (χ3v) is 3.63. The van der Waals surface area contributed by atoms with Crippen LogP contribution in [0.3, 0.4) is 0 Å². The van der Waals surface area contributed by atoms with Gasteiger partial charge in [-0.2, -0.15) is 0 Å². The normalized spacial score (nSPS) is 27.4. The van der Waals surface area contributed by atoms with E-state index in [1.165, 1.54) is 5.56 Å². The van der Waals surface area contributed by atoms with E-state index >= 15 is 0 Å². The molecule has 17 heavy (non-hydrogen) atoms. The van der Waals surface area contributed by atoms with Gasteiger partial charge in [-0.05, 0) is 12.0 Å². The maximum Gasteiger partial charge on any atom is 0.171 e. The highest BCUT2D eigenvalue weighted by Crippen LogP contribution is 2.31. The highest BCUT2D eigenvalue weighted by Gasteiger charge is 2.41. The van der Waals surface area contributed by atoms with Crippen LogP contribution in [0.2, 0.25) is 0 Å². The summed E-state index contributed by atoms with van der Waals surface area (Å²) in [6, 6.07) is 11.1. The van der Waals surface area contributed by atoms with Crippen LogP contribution in [0.5, 0.6) is 0 Å². The Balaban J connectivity index is 1.64. The zero-order chi connectivity index (χ0) is 11.6. The minimum atomic E-state index is -0.287. The molecule has 0 bridgehead atoms. The molecule has 3 heteroatoms. The number of rotatable bonds is 2. The Kier molecular flexibility index (Phi) is 3.14. The van der Waals surface area contributed by atoms with E-state index in [-0.39, 0.29) is 5.79 Å². The van der Waals surface area contributed by atoms with Gasteiger partial charge in [0.2, 0.25) is 0 Å². The summed E-state index contributed by atoms with van der Waals surface area (Å²) >= 11 is 0. The molecule has 0 unspecified atom stereocenters. The van der Waals surface area contributed by atoms with Crippen molar-refractivity contribution < 1.29 is 9.47 Å². The molecule has 1 aromatic rings. The van der Waals surface area contributed by atoms with Crippen LogP contribution in [0.25, 0.3) is 0 Å². The third kappa shape index (κ3) is 2.51. The Bertz CT molecular complexity index is 360. The number of hydrogen-bond donors (Lipinski definition) is 1. The number of ether oxygens (including phenoxy) is 2.